The fourth-order valence-electron chi connectivity index (χ4n) is 3.91. The van der Waals surface area contributed by atoms with Gasteiger partial charge in [-0.1, -0.05) is 30.3 Å². The molecule has 29 heavy (non-hydrogen) atoms. The molecule has 156 valence electrons. The molecule has 2 heterocycles. The number of nitrogens with one attached hydrogen (secondary N) is 1. The fraction of sp³-hybridized carbons (Fsp3) is 0.476. The van der Waals surface area contributed by atoms with Crippen molar-refractivity contribution in [1.29, 1.82) is 0 Å². The van der Waals surface area contributed by atoms with E-state index in [1.54, 1.807) is 17.0 Å². The Bertz CT molecular complexity index is 965. The summed E-state index contributed by atoms with van der Waals surface area (Å²) in [6.07, 6.45) is 2.31. The minimum absolute atomic E-state index is 0.00532. The van der Waals surface area contributed by atoms with Gasteiger partial charge in [0.15, 0.2) is 0 Å². The monoisotopic (exact) mass is 417 g/mol. The first-order valence-electron chi connectivity index (χ1n) is 10.1. The van der Waals surface area contributed by atoms with Crippen molar-refractivity contribution in [3.63, 3.8) is 0 Å². The van der Waals surface area contributed by atoms with Crippen LogP contribution in [0.5, 0.6) is 0 Å². The summed E-state index contributed by atoms with van der Waals surface area (Å²) in [5.74, 6) is 0.00532. The van der Waals surface area contributed by atoms with E-state index in [-0.39, 0.29) is 18.6 Å². The first kappa shape index (κ1) is 20.3. The van der Waals surface area contributed by atoms with E-state index in [0.717, 1.165) is 30.2 Å². The molecular weight excluding hydrogens is 390 g/mol. The standard InChI is InChI=1S/C21H27N3O4S/c25-21(16-22-15-19-6-3-13-28-19)23-9-11-24(12-10-23)29(26,27)20-8-7-17-4-1-2-5-18(17)14-20/h1-2,4-5,7-8,14,19,22H,3,6,9-13,15-16H2/t19-/m1/s1. The largest absolute Gasteiger partial charge is 0.377 e. The maximum absolute atomic E-state index is 13.0. The van der Waals surface area contributed by atoms with E-state index in [1.807, 2.05) is 30.3 Å². The Balaban J connectivity index is 1.32. The van der Waals surface area contributed by atoms with Crippen LogP contribution in [0.25, 0.3) is 10.8 Å². The summed E-state index contributed by atoms with van der Waals surface area (Å²) in [6.45, 7) is 3.19. The Labute approximate surface area is 171 Å². The lowest BCUT2D eigenvalue weighted by atomic mass is 10.1. The molecule has 7 nitrogen and oxygen atoms in total. The molecule has 0 radical (unpaired) electrons. The van der Waals surface area contributed by atoms with Gasteiger partial charge in [-0.3, -0.25) is 4.79 Å². The van der Waals surface area contributed by atoms with Crippen molar-refractivity contribution in [3.05, 3.63) is 42.5 Å². The number of carbonyl (C=O) groups is 1. The zero-order valence-corrected chi connectivity index (χ0v) is 17.2. The van der Waals surface area contributed by atoms with Gasteiger partial charge in [0.25, 0.3) is 0 Å². The fourth-order valence-corrected chi connectivity index (χ4v) is 5.37. The molecule has 0 bridgehead atoms. The van der Waals surface area contributed by atoms with Crippen molar-refractivity contribution in [2.24, 2.45) is 0 Å². The van der Waals surface area contributed by atoms with Crippen LogP contribution in [0, 0.1) is 0 Å². The average molecular weight is 418 g/mol. The molecule has 2 aliphatic heterocycles. The number of rotatable bonds is 6. The summed E-state index contributed by atoms with van der Waals surface area (Å²) in [4.78, 5) is 14.4. The van der Waals surface area contributed by atoms with E-state index in [0.29, 0.717) is 37.6 Å². The number of ether oxygens (including phenoxy) is 1. The Hall–Kier alpha value is -2.00. The van der Waals surface area contributed by atoms with Gasteiger partial charge in [-0.2, -0.15) is 4.31 Å². The number of fused-ring (bicyclic) bond motifs is 1. The van der Waals surface area contributed by atoms with Crippen LogP contribution in [0.4, 0.5) is 0 Å². The predicted octanol–water partition coefficient (Wildman–Crippen LogP) is 1.44. The second kappa shape index (κ2) is 8.79. The number of hydrogen-bond donors (Lipinski definition) is 1. The third kappa shape index (κ3) is 4.61. The van der Waals surface area contributed by atoms with Crippen LogP contribution in [0.3, 0.4) is 0 Å². The molecule has 0 saturated carbocycles. The number of nitrogens with zero attached hydrogens (tertiary/aromatic N) is 2. The lowest BCUT2D eigenvalue weighted by molar-refractivity contribution is -0.131. The summed E-state index contributed by atoms with van der Waals surface area (Å²) in [7, 11) is -3.57. The van der Waals surface area contributed by atoms with Crippen molar-refractivity contribution in [2.45, 2.75) is 23.8 Å². The molecule has 4 rings (SSSR count). The molecular formula is C21H27N3O4S. The van der Waals surface area contributed by atoms with Crippen LogP contribution in [0.15, 0.2) is 47.4 Å². The number of sulfonamides is 1. The topological polar surface area (TPSA) is 79.0 Å². The molecule has 0 spiro atoms. The van der Waals surface area contributed by atoms with Crippen molar-refractivity contribution in [1.82, 2.24) is 14.5 Å². The van der Waals surface area contributed by atoms with Gasteiger partial charge in [0.2, 0.25) is 15.9 Å². The van der Waals surface area contributed by atoms with Crippen LogP contribution < -0.4 is 5.32 Å². The van der Waals surface area contributed by atoms with Crippen LogP contribution in [-0.2, 0) is 19.6 Å². The van der Waals surface area contributed by atoms with E-state index in [1.165, 1.54) is 4.31 Å². The van der Waals surface area contributed by atoms with Crippen molar-refractivity contribution in [2.75, 3.05) is 45.9 Å². The van der Waals surface area contributed by atoms with E-state index in [4.69, 9.17) is 4.74 Å². The number of benzene rings is 2. The number of amides is 1. The first-order valence-corrected chi connectivity index (χ1v) is 11.6. The number of carbonyl (C=O) groups excluding carboxylic acids is 1. The van der Waals surface area contributed by atoms with Gasteiger partial charge < -0.3 is 15.0 Å². The van der Waals surface area contributed by atoms with Gasteiger partial charge in [-0.15, -0.1) is 0 Å². The van der Waals surface area contributed by atoms with Crippen molar-refractivity contribution < 1.29 is 17.9 Å². The highest BCUT2D eigenvalue weighted by Crippen LogP contribution is 2.22. The maximum atomic E-state index is 13.0. The molecule has 2 aliphatic rings. The predicted molar refractivity (Wildman–Crippen MR) is 111 cm³/mol. The van der Waals surface area contributed by atoms with Crippen molar-refractivity contribution >= 4 is 26.7 Å². The Morgan fingerprint density at radius 2 is 1.83 bits per heavy atom. The molecule has 2 aromatic rings. The quantitative estimate of drug-likeness (QED) is 0.770. The molecule has 1 amide bonds. The third-order valence-electron chi connectivity index (χ3n) is 5.62. The summed E-state index contributed by atoms with van der Waals surface area (Å²) in [5.41, 5.74) is 0. The normalized spacial score (nSPS) is 21.0. The minimum atomic E-state index is -3.57. The van der Waals surface area contributed by atoms with Gasteiger partial charge in [-0.05, 0) is 35.7 Å². The Morgan fingerprint density at radius 1 is 1.07 bits per heavy atom. The second-order valence-electron chi connectivity index (χ2n) is 7.56. The SMILES string of the molecule is O=C(CNC[C@H]1CCCO1)N1CCN(S(=O)(=O)c2ccc3ccccc3c2)CC1. The Kier molecular flexibility index (Phi) is 6.15. The maximum Gasteiger partial charge on any atom is 0.243 e. The summed E-state index contributed by atoms with van der Waals surface area (Å²) >= 11 is 0. The summed E-state index contributed by atoms with van der Waals surface area (Å²) in [5, 5.41) is 5.07. The highest BCUT2D eigenvalue weighted by Gasteiger charge is 2.30. The molecule has 0 aromatic heterocycles. The summed E-state index contributed by atoms with van der Waals surface area (Å²) < 4.78 is 33.1. The molecule has 0 aliphatic carbocycles. The summed E-state index contributed by atoms with van der Waals surface area (Å²) in [6, 6.07) is 12.9. The van der Waals surface area contributed by atoms with Crippen LogP contribution in [0.2, 0.25) is 0 Å². The molecule has 0 unspecified atom stereocenters. The van der Waals surface area contributed by atoms with Gasteiger partial charge in [0.1, 0.15) is 0 Å². The van der Waals surface area contributed by atoms with Crippen LogP contribution >= 0.6 is 0 Å². The first-order chi connectivity index (χ1) is 14.0. The smallest absolute Gasteiger partial charge is 0.243 e. The zero-order valence-electron chi connectivity index (χ0n) is 16.4. The molecule has 2 saturated heterocycles. The van der Waals surface area contributed by atoms with E-state index in [2.05, 4.69) is 5.32 Å². The molecule has 1 N–H and O–H groups in total. The molecule has 1 atom stereocenters. The lowest BCUT2D eigenvalue weighted by Gasteiger charge is -2.34. The molecule has 8 heteroatoms. The number of piperazine rings is 1. The average Bonchev–Trinajstić information content (AvgIpc) is 3.27. The minimum Gasteiger partial charge on any atom is -0.377 e. The number of hydrogen-bond acceptors (Lipinski definition) is 5. The lowest BCUT2D eigenvalue weighted by Crippen LogP contribution is -2.52. The highest BCUT2D eigenvalue weighted by molar-refractivity contribution is 7.89. The van der Waals surface area contributed by atoms with Crippen LogP contribution in [0.1, 0.15) is 12.8 Å². The Morgan fingerprint density at radius 3 is 2.55 bits per heavy atom. The second-order valence-corrected chi connectivity index (χ2v) is 9.50. The van der Waals surface area contributed by atoms with E-state index < -0.39 is 10.0 Å². The molecule has 2 aromatic carbocycles. The van der Waals surface area contributed by atoms with Gasteiger partial charge in [0.05, 0.1) is 17.5 Å². The van der Waals surface area contributed by atoms with Gasteiger partial charge >= 0.3 is 0 Å². The zero-order chi connectivity index (χ0) is 20.3. The highest BCUT2D eigenvalue weighted by atomic mass is 32.2. The van der Waals surface area contributed by atoms with Crippen molar-refractivity contribution in [3.8, 4) is 0 Å². The van der Waals surface area contributed by atoms with Crippen LogP contribution in [-0.4, -0.2) is 75.5 Å². The van der Waals surface area contributed by atoms with E-state index in [9.17, 15) is 13.2 Å². The molecule has 2 fully saturated rings. The van der Waals surface area contributed by atoms with Gasteiger partial charge in [-0.25, -0.2) is 8.42 Å². The van der Waals surface area contributed by atoms with Gasteiger partial charge in [0, 0.05) is 39.3 Å². The third-order valence-corrected chi connectivity index (χ3v) is 7.52. The van der Waals surface area contributed by atoms with E-state index >= 15 is 0 Å².